The van der Waals surface area contributed by atoms with Gasteiger partial charge in [0.2, 0.25) is 11.1 Å². The predicted octanol–water partition coefficient (Wildman–Crippen LogP) is 5.36. The molecule has 2 rings (SSSR count). The van der Waals surface area contributed by atoms with Gasteiger partial charge in [-0.1, -0.05) is 29.9 Å². The largest absolute Gasteiger partial charge is 0.477 e. The summed E-state index contributed by atoms with van der Waals surface area (Å²) in [6, 6.07) is 6.78. The zero-order chi connectivity index (χ0) is 22.7. The van der Waals surface area contributed by atoms with Gasteiger partial charge in [-0.05, 0) is 56.3 Å². The Balaban J connectivity index is 0.000000352. The molecule has 0 amide bonds. The van der Waals surface area contributed by atoms with Gasteiger partial charge in [-0.15, -0.1) is 11.6 Å². The molecule has 0 bridgehead atoms. The Kier molecular flexibility index (Phi) is 12.2. The fraction of sp³-hybridized carbons (Fsp3) is 0.389. The third-order valence-corrected chi connectivity index (χ3v) is 9.63. The molecule has 2 aromatic rings. The van der Waals surface area contributed by atoms with Gasteiger partial charge in [-0.3, -0.25) is 4.79 Å². The zero-order valence-electron chi connectivity index (χ0n) is 16.7. The number of alkyl halides is 1. The van der Waals surface area contributed by atoms with Crippen LogP contribution in [0.5, 0.6) is 0 Å². The quantitative estimate of drug-likeness (QED) is 0.354. The Morgan fingerprint density at radius 2 is 1.80 bits per heavy atom. The van der Waals surface area contributed by atoms with Gasteiger partial charge in [0.25, 0.3) is 0 Å². The topological polar surface area (TPSA) is 90.7 Å². The van der Waals surface area contributed by atoms with E-state index in [0.29, 0.717) is 41.3 Å². The number of hydrogen-bond donors (Lipinski definition) is 1. The first-order chi connectivity index (χ1) is 14.2. The molecule has 0 saturated carbocycles. The van der Waals surface area contributed by atoms with Crippen LogP contribution in [0.4, 0.5) is 0 Å². The number of nitrogens with zero attached hydrogens (tertiary/aromatic N) is 2. The Labute approximate surface area is 194 Å². The molecule has 1 heterocycles. The van der Waals surface area contributed by atoms with Gasteiger partial charge in [-0.25, -0.2) is 9.48 Å². The number of aromatic nitrogens is 2. The van der Waals surface area contributed by atoms with Crippen molar-refractivity contribution in [2.75, 3.05) is 18.4 Å². The summed E-state index contributed by atoms with van der Waals surface area (Å²) in [5.74, 6) is -1.24. The van der Waals surface area contributed by atoms with E-state index >= 15 is 0 Å². The monoisotopic (exact) mass is 512 g/mol. The third-order valence-electron chi connectivity index (χ3n) is 3.48. The highest BCUT2D eigenvalue weighted by atomic mass is 35.5. The summed E-state index contributed by atoms with van der Waals surface area (Å²) >= 11 is 17.8. The van der Waals surface area contributed by atoms with E-state index in [1.807, 2.05) is 13.8 Å². The van der Waals surface area contributed by atoms with Crippen LogP contribution in [-0.2, 0) is 27.3 Å². The molecule has 7 nitrogen and oxygen atoms in total. The summed E-state index contributed by atoms with van der Waals surface area (Å²) in [6.45, 7) is 6.74. The molecule has 0 radical (unpaired) electrons. The maximum Gasteiger partial charge on any atom is 0.341 e. The van der Waals surface area contributed by atoms with E-state index < -0.39 is 17.1 Å². The van der Waals surface area contributed by atoms with Gasteiger partial charge >= 0.3 is 5.97 Å². The van der Waals surface area contributed by atoms with Gasteiger partial charge in [0.15, 0.2) is 0 Å². The fourth-order valence-corrected chi connectivity index (χ4v) is 7.66. The van der Waals surface area contributed by atoms with Crippen molar-refractivity contribution < 1.29 is 18.9 Å². The summed E-state index contributed by atoms with van der Waals surface area (Å²) in [6.07, 6.45) is 1.39. The van der Waals surface area contributed by atoms with E-state index in [4.69, 9.17) is 49.2 Å². The van der Waals surface area contributed by atoms with Gasteiger partial charge in [-0.2, -0.15) is 5.10 Å². The van der Waals surface area contributed by atoms with Crippen molar-refractivity contribution in [3.63, 3.8) is 0 Å². The highest BCUT2D eigenvalue weighted by molar-refractivity contribution is 8.68. The molecule has 0 aliphatic carbocycles. The van der Waals surface area contributed by atoms with Crippen LogP contribution in [0.25, 0.3) is 5.69 Å². The molecule has 0 aliphatic heterocycles. The Bertz CT molecular complexity index is 917. The first-order valence-corrected chi connectivity index (χ1v) is 14.1. The Morgan fingerprint density at radius 1 is 1.23 bits per heavy atom. The molecule has 0 fully saturated rings. The molecule has 1 aromatic heterocycles. The highest BCUT2D eigenvalue weighted by Crippen LogP contribution is 2.61. The van der Waals surface area contributed by atoms with Crippen LogP contribution in [0.2, 0.25) is 5.02 Å². The molecular formula is C18H23Cl2N2O5PS2. The van der Waals surface area contributed by atoms with Gasteiger partial charge in [0.1, 0.15) is 5.56 Å². The Morgan fingerprint density at radius 3 is 2.23 bits per heavy atom. The number of aromatic carboxylic acids is 1. The number of rotatable bonds is 9. The first kappa shape index (κ1) is 27.1. The van der Waals surface area contributed by atoms with Crippen molar-refractivity contribution >= 4 is 58.1 Å². The minimum Gasteiger partial charge on any atom is -0.477 e. The van der Waals surface area contributed by atoms with E-state index in [1.54, 1.807) is 31.2 Å². The molecule has 1 aromatic carbocycles. The molecule has 0 unspecified atom stereocenters. The fourth-order valence-electron chi connectivity index (χ4n) is 2.34. The average molecular weight is 513 g/mol. The van der Waals surface area contributed by atoms with Crippen LogP contribution in [-0.4, -0.2) is 39.3 Å². The van der Waals surface area contributed by atoms with Crippen LogP contribution in [0.15, 0.2) is 35.3 Å². The second kappa shape index (κ2) is 13.5. The van der Waals surface area contributed by atoms with Crippen molar-refractivity contribution in [1.82, 2.24) is 9.78 Å². The van der Waals surface area contributed by atoms with Crippen molar-refractivity contribution in [2.24, 2.45) is 0 Å². The average Bonchev–Trinajstić information content (AvgIpc) is 2.69. The van der Waals surface area contributed by atoms with Gasteiger partial charge in [0, 0.05) is 5.02 Å². The van der Waals surface area contributed by atoms with Crippen LogP contribution in [0.1, 0.15) is 36.8 Å². The van der Waals surface area contributed by atoms with Crippen molar-refractivity contribution in [1.29, 1.82) is 0 Å². The SMILES string of the molecule is CCOP(=S)(OCC)SCCl.CCc1c(C(=O)O)c(=O)cnn1-c1ccc(Cl)cc1. The summed E-state index contributed by atoms with van der Waals surface area (Å²) in [5.41, 5.74) is -1.91. The van der Waals surface area contributed by atoms with Crippen molar-refractivity contribution in [3.05, 3.63) is 57.0 Å². The minimum absolute atomic E-state index is 0.243. The number of hydrogen-bond acceptors (Lipinski definition) is 7. The number of carbonyl (C=O) groups is 1. The lowest BCUT2D eigenvalue weighted by Crippen LogP contribution is -2.23. The summed E-state index contributed by atoms with van der Waals surface area (Å²) in [5, 5.41) is 14.1. The second-order valence-electron chi connectivity index (χ2n) is 5.40. The van der Waals surface area contributed by atoms with Gasteiger partial charge in [0.05, 0.1) is 36.0 Å². The summed E-state index contributed by atoms with van der Waals surface area (Å²) < 4.78 is 12.0. The van der Waals surface area contributed by atoms with Crippen LogP contribution >= 0.6 is 40.3 Å². The van der Waals surface area contributed by atoms with Crippen LogP contribution in [0, 0.1) is 0 Å². The van der Waals surface area contributed by atoms with Crippen molar-refractivity contribution in [3.8, 4) is 5.69 Å². The van der Waals surface area contributed by atoms with E-state index in [-0.39, 0.29) is 5.56 Å². The molecule has 1 N–H and O–H groups in total. The van der Waals surface area contributed by atoms with E-state index in [1.165, 1.54) is 16.1 Å². The summed E-state index contributed by atoms with van der Waals surface area (Å²) in [4.78, 5) is 22.8. The normalized spacial score (nSPS) is 11.0. The third kappa shape index (κ3) is 7.96. The lowest BCUT2D eigenvalue weighted by atomic mass is 10.1. The number of carboxylic acid groups (broad SMARTS) is 1. The smallest absolute Gasteiger partial charge is 0.341 e. The van der Waals surface area contributed by atoms with E-state index in [9.17, 15) is 9.59 Å². The molecule has 30 heavy (non-hydrogen) atoms. The molecule has 12 heteroatoms. The number of halogens is 2. The molecule has 0 spiro atoms. The minimum atomic E-state index is -2.10. The maximum absolute atomic E-state index is 11.6. The lowest BCUT2D eigenvalue weighted by molar-refractivity contribution is 0.0693. The molecular weight excluding hydrogens is 490 g/mol. The molecule has 166 valence electrons. The van der Waals surface area contributed by atoms with Crippen LogP contribution < -0.4 is 5.43 Å². The number of benzene rings is 1. The Hall–Kier alpha value is -0.930. The van der Waals surface area contributed by atoms with Crippen LogP contribution in [0.3, 0.4) is 0 Å². The lowest BCUT2D eigenvalue weighted by Gasteiger charge is -2.18. The van der Waals surface area contributed by atoms with Crippen molar-refractivity contribution in [2.45, 2.75) is 27.2 Å². The standard InChI is InChI=1S/C13H11ClN2O3.C5H12ClO2PS2/c1-2-10-12(13(18)19)11(17)7-15-16(10)9-5-3-8(14)4-6-9;1-3-7-9(10,8-4-2)11-5-6/h3-7H,2H2,1H3,(H,18,19);3-5H2,1-2H3. The molecule has 0 aliphatic rings. The van der Waals surface area contributed by atoms with E-state index in [0.717, 1.165) is 6.20 Å². The van der Waals surface area contributed by atoms with Gasteiger partial charge < -0.3 is 14.2 Å². The van der Waals surface area contributed by atoms with E-state index in [2.05, 4.69) is 5.10 Å². The predicted molar refractivity (Wildman–Crippen MR) is 127 cm³/mol. The second-order valence-corrected chi connectivity index (χ2v) is 12.7. The molecule has 0 saturated heterocycles. The maximum atomic E-state index is 11.6. The zero-order valence-corrected chi connectivity index (χ0v) is 20.7. The number of carboxylic acids is 1. The summed E-state index contributed by atoms with van der Waals surface area (Å²) in [7, 11) is 0. The first-order valence-electron chi connectivity index (χ1n) is 8.92. The molecule has 0 atom stereocenters. The highest BCUT2D eigenvalue weighted by Gasteiger charge is 2.18.